The van der Waals surface area contributed by atoms with Crippen LogP contribution in [0.5, 0.6) is 0 Å². The Morgan fingerprint density at radius 3 is 2.91 bits per heavy atom. The van der Waals surface area contributed by atoms with Crippen LogP contribution in [0.15, 0.2) is 36.8 Å². The first-order valence-electron chi connectivity index (χ1n) is 8.35. The molecule has 4 heterocycles. The molecule has 0 aliphatic carbocycles. The molecule has 0 amide bonds. The maximum atomic E-state index is 4.90. The van der Waals surface area contributed by atoms with Crippen LogP contribution in [0.4, 0.5) is 5.82 Å². The Bertz CT molecular complexity index is 796. The second-order valence-electron chi connectivity index (χ2n) is 6.21. The average Bonchev–Trinajstić information content (AvgIpc) is 3.10. The van der Waals surface area contributed by atoms with Crippen molar-refractivity contribution in [3.63, 3.8) is 0 Å². The molecule has 5 nitrogen and oxygen atoms in total. The van der Waals surface area contributed by atoms with Crippen molar-refractivity contribution in [2.24, 2.45) is 5.92 Å². The minimum absolute atomic E-state index is 0.760. The molecule has 118 valence electrons. The number of anilines is 1. The van der Waals surface area contributed by atoms with E-state index in [4.69, 9.17) is 4.98 Å². The Morgan fingerprint density at radius 2 is 2.09 bits per heavy atom. The summed E-state index contributed by atoms with van der Waals surface area (Å²) in [4.78, 5) is 19.3. The Balaban J connectivity index is 1.80. The van der Waals surface area contributed by atoms with Crippen molar-refractivity contribution < 1.29 is 0 Å². The lowest BCUT2D eigenvalue weighted by molar-refractivity contribution is 0.403. The summed E-state index contributed by atoms with van der Waals surface area (Å²) in [7, 11) is 0. The molecule has 0 radical (unpaired) electrons. The van der Waals surface area contributed by atoms with Gasteiger partial charge in [-0.2, -0.15) is 0 Å². The van der Waals surface area contributed by atoms with Gasteiger partial charge in [0.15, 0.2) is 5.82 Å². The second kappa shape index (κ2) is 5.99. The van der Waals surface area contributed by atoms with E-state index in [2.05, 4.69) is 32.8 Å². The van der Waals surface area contributed by atoms with E-state index in [0.29, 0.717) is 0 Å². The molecule has 3 aromatic rings. The van der Waals surface area contributed by atoms with E-state index in [-0.39, 0.29) is 0 Å². The van der Waals surface area contributed by atoms with Gasteiger partial charge >= 0.3 is 0 Å². The zero-order valence-corrected chi connectivity index (χ0v) is 13.4. The lowest BCUT2D eigenvalue weighted by Crippen LogP contribution is -2.35. The number of hydrogen-bond donors (Lipinski definition) is 1. The molecular formula is C18H21N5. The third-order valence-electron chi connectivity index (χ3n) is 4.73. The fourth-order valence-corrected chi connectivity index (χ4v) is 3.39. The van der Waals surface area contributed by atoms with Crippen LogP contribution in [0.1, 0.15) is 26.2 Å². The molecule has 23 heavy (non-hydrogen) atoms. The molecule has 0 saturated carbocycles. The lowest BCUT2D eigenvalue weighted by atomic mass is 9.95. The van der Waals surface area contributed by atoms with Crippen molar-refractivity contribution in [3.05, 3.63) is 36.8 Å². The van der Waals surface area contributed by atoms with E-state index < -0.39 is 0 Å². The number of fused-ring (bicyclic) bond motifs is 1. The maximum absolute atomic E-state index is 4.90. The third-order valence-corrected chi connectivity index (χ3v) is 4.73. The summed E-state index contributed by atoms with van der Waals surface area (Å²) in [6.07, 6.45) is 9.30. The minimum atomic E-state index is 0.760. The molecule has 5 heteroatoms. The molecule has 1 fully saturated rings. The molecule has 0 spiro atoms. The third kappa shape index (κ3) is 2.67. The van der Waals surface area contributed by atoms with E-state index in [1.165, 1.54) is 19.3 Å². The van der Waals surface area contributed by atoms with Gasteiger partial charge in [0.25, 0.3) is 0 Å². The Kier molecular flexibility index (Phi) is 3.69. The lowest BCUT2D eigenvalue weighted by Gasteiger charge is -2.33. The van der Waals surface area contributed by atoms with Crippen LogP contribution in [-0.2, 0) is 0 Å². The molecule has 1 saturated heterocycles. The molecule has 1 aliphatic heterocycles. The van der Waals surface area contributed by atoms with Gasteiger partial charge in [-0.25, -0.2) is 9.97 Å². The van der Waals surface area contributed by atoms with Gasteiger partial charge in [0.2, 0.25) is 0 Å². The zero-order valence-electron chi connectivity index (χ0n) is 13.4. The van der Waals surface area contributed by atoms with Gasteiger partial charge in [-0.05, 0) is 37.0 Å². The smallest absolute Gasteiger partial charge is 0.164 e. The Morgan fingerprint density at radius 1 is 1.22 bits per heavy atom. The van der Waals surface area contributed by atoms with Crippen molar-refractivity contribution in [1.29, 1.82) is 0 Å². The van der Waals surface area contributed by atoms with Crippen molar-refractivity contribution >= 4 is 16.9 Å². The van der Waals surface area contributed by atoms with Crippen LogP contribution < -0.4 is 4.90 Å². The molecular weight excluding hydrogens is 286 g/mol. The molecule has 3 aromatic heterocycles. The number of aromatic amines is 1. The number of pyridine rings is 1. The van der Waals surface area contributed by atoms with E-state index >= 15 is 0 Å². The highest BCUT2D eigenvalue weighted by Crippen LogP contribution is 2.30. The fraction of sp³-hybridized carbons (Fsp3) is 0.389. The summed E-state index contributed by atoms with van der Waals surface area (Å²) in [6.45, 7) is 4.44. The van der Waals surface area contributed by atoms with E-state index in [0.717, 1.165) is 47.2 Å². The molecule has 0 aromatic carbocycles. The number of nitrogens with zero attached hydrogens (tertiary/aromatic N) is 4. The summed E-state index contributed by atoms with van der Waals surface area (Å²) >= 11 is 0. The van der Waals surface area contributed by atoms with Gasteiger partial charge in [-0.15, -0.1) is 0 Å². The Hall–Kier alpha value is -2.43. The fourth-order valence-electron chi connectivity index (χ4n) is 3.39. The second-order valence-corrected chi connectivity index (χ2v) is 6.21. The van der Waals surface area contributed by atoms with Crippen LogP contribution in [0.3, 0.4) is 0 Å². The monoisotopic (exact) mass is 307 g/mol. The number of nitrogens with one attached hydrogen (secondary N) is 1. The van der Waals surface area contributed by atoms with Crippen LogP contribution in [0, 0.1) is 5.92 Å². The first-order valence-corrected chi connectivity index (χ1v) is 8.35. The molecule has 0 unspecified atom stereocenters. The number of hydrogen-bond acceptors (Lipinski definition) is 4. The van der Waals surface area contributed by atoms with Crippen molar-refractivity contribution in [2.45, 2.75) is 26.2 Å². The highest BCUT2D eigenvalue weighted by Gasteiger charge is 2.22. The van der Waals surface area contributed by atoms with Crippen molar-refractivity contribution in [3.8, 4) is 11.4 Å². The first kappa shape index (κ1) is 14.2. The van der Waals surface area contributed by atoms with Gasteiger partial charge in [-0.3, -0.25) is 4.98 Å². The van der Waals surface area contributed by atoms with Crippen molar-refractivity contribution in [2.75, 3.05) is 18.0 Å². The predicted octanol–water partition coefficient (Wildman–Crippen LogP) is 3.65. The van der Waals surface area contributed by atoms with Gasteiger partial charge in [0.1, 0.15) is 11.5 Å². The highest BCUT2D eigenvalue weighted by atomic mass is 15.2. The zero-order chi connectivity index (χ0) is 15.6. The summed E-state index contributed by atoms with van der Waals surface area (Å²) in [6, 6.07) is 5.99. The molecule has 0 bridgehead atoms. The minimum Gasteiger partial charge on any atom is -0.356 e. The van der Waals surface area contributed by atoms with E-state index in [1.807, 2.05) is 18.3 Å². The molecule has 1 N–H and O–H groups in total. The SMILES string of the molecule is CC[C@@H]1CCCN(c2nc(-c3ccncc3)nc3[nH]ccc23)C1. The highest BCUT2D eigenvalue weighted by molar-refractivity contribution is 5.89. The maximum Gasteiger partial charge on any atom is 0.164 e. The molecule has 4 rings (SSSR count). The number of piperidine rings is 1. The summed E-state index contributed by atoms with van der Waals surface area (Å²) in [5.74, 6) is 2.58. The van der Waals surface area contributed by atoms with Gasteiger partial charge in [0.05, 0.1) is 5.39 Å². The molecule has 1 atom stereocenters. The summed E-state index contributed by atoms with van der Waals surface area (Å²) in [5, 5.41) is 1.11. The standard InChI is InChI=1S/C18H21N5/c1-2-13-4-3-11-23(12-13)18-15-7-10-20-17(15)21-16(22-18)14-5-8-19-9-6-14/h5-10,13H,2-4,11-12H2,1H3,(H,20,21,22)/t13-/m1/s1. The van der Waals surface area contributed by atoms with Crippen molar-refractivity contribution in [1.82, 2.24) is 19.9 Å². The van der Waals surface area contributed by atoms with Crippen LogP contribution >= 0.6 is 0 Å². The normalized spacial score (nSPS) is 18.5. The first-order chi connectivity index (χ1) is 11.3. The van der Waals surface area contributed by atoms with Crippen LogP contribution in [0.2, 0.25) is 0 Å². The van der Waals surface area contributed by atoms with E-state index in [1.54, 1.807) is 12.4 Å². The van der Waals surface area contributed by atoms with Crippen LogP contribution in [0.25, 0.3) is 22.4 Å². The summed E-state index contributed by atoms with van der Waals surface area (Å²) in [5.41, 5.74) is 1.90. The number of rotatable bonds is 3. The molecule has 1 aliphatic rings. The largest absolute Gasteiger partial charge is 0.356 e. The number of H-pyrrole nitrogens is 1. The van der Waals surface area contributed by atoms with E-state index in [9.17, 15) is 0 Å². The number of aromatic nitrogens is 4. The predicted molar refractivity (Wildman–Crippen MR) is 92.3 cm³/mol. The summed E-state index contributed by atoms with van der Waals surface area (Å²) < 4.78 is 0. The average molecular weight is 307 g/mol. The Labute approximate surface area is 135 Å². The van der Waals surface area contributed by atoms with Gasteiger partial charge in [-0.1, -0.05) is 13.3 Å². The quantitative estimate of drug-likeness (QED) is 0.802. The van der Waals surface area contributed by atoms with Crippen LogP contribution in [-0.4, -0.2) is 33.0 Å². The van der Waals surface area contributed by atoms with Gasteiger partial charge in [0, 0.05) is 37.2 Å². The topological polar surface area (TPSA) is 57.7 Å². The van der Waals surface area contributed by atoms with Gasteiger partial charge < -0.3 is 9.88 Å².